The van der Waals surface area contributed by atoms with Crippen LogP contribution in [-0.2, 0) is 0 Å². The van der Waals surface area contributed by atoms with Gasteiger partial charge in [-0.05, 0) is 41.8 Å². The van der Waals surface area contributed by atoms with E-state index in [1.165, 1.54) is 12.1 Å². The molecule has 1 N–H and O–H groups in total. The monoisotopic (exact) mass is 324 g/mol. The summed E-state index contributed by atoms with van der Waals surface area (Å²) in [5.41, 5.74) is 2.17. The van der Waals surface area contributed by atoms with Crippen molar-refractivity contribution in [3.63, 3.8) is 0 Å². The number of nitrogens with zero attached hydrogens (tertiary/aromatic N) is 3. The van der Waals surface area contributed by atoms with Crippen LogP contribution in [-0.4, -0.2) is 21.9 Å². The Morgan fingerprint density at radius 2 is 1.79 bits per heavy atom. The van der Waals surface area contributed by atoms with E-state index in [2.05, 4.69) is 15.4 Å². The van der Waals surface area contributed by atoms with E-state index in [9.17, 15) is 4.39 Å². The second-order valence-electron chi connectivity index (χ2n) is 5.80. The third-order valence-electron chi connectivity index (χ3n) is 4.40. The van der Waals surface area contributed by atoms with Gasteiger partial charge < -0.3 is 10.1 Å². The number of ether oxygens (including phenoxy) is 1. The summed E-state index contributed by atoms with van der Waals surface area (Å²) in [5, 5.41) is 7.73. The summed E-state index contributed by atoms with van der Waals surface area (Å²) in [6.07, 6.45) is 2.35. The van der Waals surface area contributed by atoms with Crippen LogP contribution in [0, 0.1) is 5.82 Å². The summed E-state index contributed by atoms with van der Waals surface area (Å²) in [6, 6.07) is 14.7. The Hall–Kier alpha value is -2.89. The zero-order valence-electron chi connectivity index (χ0n) is 13.2. The number of aromatic nitrogens is 3. The lowest BCUT2D eigenvalue weighted by Gasteiger charge is -2.31. The molecule has 2 atom stereocenters. The van der Waals surface area contributed by atoms with Crippen LogP contribution in [0.2, 0.25) is 0 Å². The fraction of sp³-hybridized carbons (Fsp3) is 0.222. The largest absolute Gasteiger partial charge is 0.497 e. The Morgan fingerprint density at radius 1 is 1.08 bits per heavy atom. The van der Waals surface area contributed by atoms with Gasteiger partial charge in [0.15, 0.2) is 0 Å². The van der Waals surface area contributed by atoms with Crippen molar-refractivity contribution >= 4 is 5.95 Å². The van der Waals surface area contributed by atoms with E-state index >= 15 is 0 Å². The topological polar surface area (TPSA) is 52.0 Å². The average molecular weight is 324 g/mol. The van der Waals surface area contributed by atoms with Gasteiger partial charge in [-0.3, -0.25) is 0 Å². The minimum absolute atomic E-state index is 0.0504. The minimum atomic E-state index is -0.232. The van der Waals surface area contributed by atoms with Gasteiger partial charge in [0.1, 0.15) is 17.9 Å². The van der Waals surface area contributed by atoms with Crippen molar-refractivity contribution in [2.24, 2.45) is 0 Å². The first-order chi connectivity index (χ1) is 11.7. The van der Waals surface area contributed by atoms with E-state index in [1.807, 2.05) is 41.1 Å². The molecule has 0 spiro atoms. The molecule has 122 valence electrons. The summed E-state index contributed by atoms with van der Waals surface area (Å²) in [6.45, 7) is 0. The molecule has 3 aromatic rings. The molecule has 0 saturated heterocycles. The van der Waals surface area contributed by atoms with Crippen LogP contribution in [0.15, 0.2) is 54.9 Å². The number of anilines is 1. The smallest absolute Gasteiger partial charge is 0.222 e. The third kappa shape index (κ3) is 2.60. The van der Waals surface area contributed by atoms with Gasteiger partial charge in [0.2, 0.25) is 5.95 Å². The fourth-order valence-electron chi connectivity index (χ4n) is 3.14. The maximum absolute atomic E-state index is 13.2. The molecule has 0 amide bonds. The molecule has 0 aliphatic carbocycles. The van der Waals surface area contributed by atoms with Gasteiger partial charge in [0, 0.05) is 0 Å². The number of benzene rings is 2. The molecule has 1 aliphatic heterocycles. The molecule has 2 heterocycles. The van der Waals surface area contributed by atoms with Crippen LogP contribution >= 0.6 is 0 Å². The molecule has 1 aromatic heterocycles. The van der Waals surface area contributed by atoms with Crippen LogP contribution in [0.1, 0.15) is 29.6 Å². The Kier molecular flexibility index (Phi) is 3.65. The van der Waals surface area contributed by atoms with Crippen molar-refractivity contribution < 1.29 is 9.13 Å². The highest BCUT2D eigenvalue weighted by Gasteiger charge is 2.29. The molecule has 0 unspecified atom stereocenters. The highest BCUT2D eigenvalue weighted by molar-refractivity contribution is 5.39. The normalized spacial score (nSPS) is 19.4. The first kappa shape index (κ1) is 14.7. The molecule has 4 rings (SSSR count). The van der Waals surface area contributed by atoms with Crippen molar-refractivity contribution in [3.8, 4) is 5.75 Å². The second kappa shape index (κ2) is 5.96. The third-order valence-corrected chi connectivity index (χ3v) is 4.40. The first-order valence-corrected chi connectivity index (χ1v) is 7.80. The molecule has 2 aromatic carbocycles. The van der Waals surface area contributed by atoms with Gasteiger partial charge in [-0.25, -0.2) is 9.07 Å². The van der Waals surface area contributed by atoms with Crippen molar-refractivity contribution in [1.29, 1.82) is 0 Å². The number of nitrogens with one attached hydrogen (secondary N) is 1. The molecule has 5 nitrogen and oxygen atoms in total. The van der Waals surface area contributed by atoms with Crippen LogP contribution in [0.4, 0.5) is 10.3 Å². The second-order valence-corrected chi connectivity index (χ2v) is 5.80. The number of methoxy groups -OCH3 is 1. The van der Waals surface area contributed by atoms with Crippen molar-refractivity contribution in [2.75, 3.05) is 12.4 Å². The number of hydrogen-bond acceptors (Lipinski definition) is 4. The summed E-state index contributed by atoms with van der Waals surface area (Å²) in [5.74, 6) is 1.31. The standard InChI is InChI=1S/C18H17FN4O/c1-24-15-8-4-13(5-9-15)17-10-16(12-2-6-14(19)7-3-12)22-18-20-11-21-23(17)18/h2-9,11,16-17H,10H2,1H3,(H,20,21,22)/t16-,17+/m0/s1. The number of halogens is 1. The molecule has 0 radical (unpaired) electrons. The van der Waals surface area contributed by atoms with E-state index in [1.54, 1.807) is 13.4 Å². The minimum Gasteiger partial charge on any atom is -0.497 e. The predicted molar refractivity (Wildman–Crippen MR) is 88.5 cm³/mol. The summed E-state index contributed by atoms with van der Waals surface area (Å²) >= 11 is 0. The molecule has 0 bridgehead atoms. The van der Waals surface area contributed by atoms with Crippen LogP contribution in [0.25, 0.3) is 0 Å². The Bertz CT molecular complexity index is 829. The molecule has 0 fully saturated rings. The van der Waals surface area contributed by atoms with Gasteiger partial charge in [-0.1, -0.05) is 24.3 Å². The van der Waals surface area contributed by atoms with Crippen LogP contribution in [0.3, 0.4) is 0 Å². The van der Waals surface area contributed by atoms with Gasteiger partial charge in [-0.2, -0.15) is 10.1 Å². The molecule has 0 saturated carbocycles. The highest BCUT2D eigenvalue weighted by atomic mass is 19.1. The lowest BCUT2D eigenvalue weighted by molar-refractivity contribution is 0.411. The van der Waals surface area contributed by atoms with Gasteiger partial charge in [0.05, 0.1) is 19.2 Å². The van der Waals surface area contributed by atoms with E-state index in [0.717, 1.165) is 29.2 Å². The SMILES string of the molecule is COc1ccc([C@H]2C[C@@H](c3ccc(F)cc3)Nc3ncnn32)cc1. The lowest BCUT2D eigenvalue weighted by atomic mass is 9.93. The van der Waals surface area contributed by atoms with E-state index in [4.69, 9.17) is 4.74 Å². The number of rotatable bonds is 3. The molecular formula is C18H17FN4O. The van der Waals surface area contributed by atoms with E-state index in [0.29, 0.717) is 0 Å². The average Bonchev–Trinajstić information content (AvgIpc) is 3.10. The Morgan fingerprint density at radius 3 is 2.50 bits per heavy atom. The summed E-state index contributed by atoms with van der Waals surface area (Å²) < 4.78 is 20.3. The van der Waals surface area contributed by atoms with Crippen molar-refractivity contribution in [3.05, 3.63) is 71.8 Å². The van der Waals surface area contributed by atoms with Crippen molar-refractivity contribution in [2.45, 2.75) is 18.5 Å². The molecule has 1 aliphatic rings. The van der Waals surface area contributed by atoms with Gasteiger partial charge in [0.25, 0.3) is 0 Å². The Balaban J connectivity index is 1.69. The lowest BCUT2D eigenvalue weighted by Crippen LogP contribution is -2.28. The van der Waals surface area contributed by atoms with Crippen LogP contribution < -0.4 is 10.1 Å². The zero-order valence-corrected chi connectivity index (χ0v) is 13.2. The first-order valence-electron chi connectivity index (χ1n) is 7.80. The number of hydrogen-bond donors (Lipinski definition) is 1. The zero-order chi connectivity index (χ0) is 16.5. The molecule has 6 heteroatoms. The van der Waals surface area contributed by atoms with E-state index in [-0.39, 0.29) is 17.9 Å². The maximum Gasteiger partial charge on any atom is 0.222 e. The summed E-state index contributed by atoms with van der Waals surface area (Å²) in [4.78, 5) is 4.30. The molecular weight excluding hydrogens is 307 g/mol. The fourth-order valence-corrected chi connectivity index (χ4v) is 3.14. The number of fused-ring (bicyclic) bond motifs is 1. The van der Waals surface area contributed by atoms with E-state index < -0.39 is 0 Å². The van der Waals surface area contributed by atoms with Gasteiger partial charge >= 0.3 is 0 Å². The van der Waals surface area contributed by atoms with Gasteiger partial charge in [-0.15, -0.1) is 0 Å². The van der Waals surface area contributed by atoms with Crippen molar-refractivity contribution in [1.82, 2.24) is 14.8 Å². The highest BCUT2D eigenvalue weighted by Crippen LogP contribution is 2.37. The van der Waals surface area contributed by atoms with Crippen LogP contribution in [0.5, 0.6) is 5.75 Å². The predicted octanol–water partition coefficient (Wildman–Crippen LogP) is 3.57. The molecule has 24 heavy (non-hydrogen) atoms. The maximum atomic E-state index is 13.2. The quantitative estimate of drug-likeness (QED) is 0.800. The summed E-state index contributed by atoms with van der Waals surface area (Å²) in [7, 11) is 1.65. The Labute approximate surface area is 139 Å².